The summed E-state index contributed by atoms with van der Waals surface area (Å²) in [7, 11) is 0. The molecule has 88 valence electrons. The largest absolute Gasteiger partial charge is 0.215 e. The lowest BCUT2D eigenvalue weighted by atomic mass is 10.2. The topological polar surface area (TPSA) is 25.8 Å². The molecule has 0 aliphatic heterocycles. The lowest BCUT2D eigenvalue weighted by Crippen LogP contribution is -1.92. The molecule has 0 fully saturated rings. The highest BCUT2D eigenvalue weighted by molar-refractivity contribution is 9.10. The Morgan fingerprint density at radius 3 is 2.12 bits per heavy atom. The van der Waals surface area contributed by atoms with E-state index in [2.05, 4.69) is 25.9 Å². The van der Waals surface area contributed by atoms with Crippen LogP contribution in [0.25, 0.3) is 11.4 Å². The first kappa shape index (κ1) is 13.4. The van der Waals surface area contributed by atoms with Gasteiger partial charge in [0.15, 0.2) is 5.82 Å². The van der Waals surface area contributed by atoms with E-state index in [0.29, 0.717) is 25.9 Å². The monoisotopic (exact) mass is 370 g/mol. The van der Waals surface area contributed by atoms with Gasteiger partial charge in [0.2, 0.25) is 0 Å². The Labute approximate surface area is 126 Å². The molecular weight excluding hydrogens is 370 g/mol. The van der Waals surface area contributed by atoms with Crippen LogP contribution in [0.4, 0.5) is 0 Å². The van der Waals surface area contributed by atoms with Crippen LogP contribution in [0.3, 0.4) is 0 Å². The first-order chi connectivity index (χ1) is 8.00. The number of halogens is 5. The molecule has 2 rings (SSSR count). The molecular formula is C10H3BrCl4N2. The van der Waals surface area contributed by atoms with Crippen LogP contribution in [-0.4, -0.2) is 9.97 Å². The van der Waals surface area contributed by atoms with E-state index in [1.165, 1.54) is 0 Å². The molecule has 0 unspecified atom stereocenters. The first-order valence-corrected chi connectivity index (χ1v) is 6.64. The van der Waals surface area contributed by atoms with Gasteiger partial charge in [0.1, 0.15) is 10.3 Å². The number of hydrogen-bond donors (Lipinski definition) is 0. The Bertz CT molecular complexity index is 566. The van der Waals surface area contributed by atoms with Crippen LogP contribution in [0.2, 0.25) is 20.4 Å². The summed E-state index contributed by atoms with van der Waals surface area (Å²) < 4.78 is 0.447. The molecule has 0 aliphatic carbocycles. The van der Waals surface area contributed by atoms with E-state index >= 15 is 0 Å². The molecule has 0 atom stereocenters. The predicted octanol–water partition coefficient (Wildman–Crippen LogP) is 5.52. The van der Waals surface area contributed by atoms with E-state index in [1.807, 2.05) is 0 Å². The van der Waals surface area contributed by atoms with Crippen molar-refractivity contribution in [2.75, 3.05) is 0 Å². The Balaban J connectivity index is 2.65. The third-order valence-corrected chi connectivity index (χ3v) is 4.54. The van der Waals surface area contributed by atoms with E-state index in [1.54, 1.807) is 18.2 Å². The fourth-order valence-corrected chi connectivity index (χ4v) is 2.14. The molecule has 7 heteroatoms. The third-order valence-electron chi connectivity index (χ3n) is 1.96. The molecule has 17 heavy (non-hydrogen) atoms. The average Bonchev–Trinajstić information content (AvgIpc) is 2.29. The molecule has 0 N–H and O–H groups in total. The second-order valence-electron chi connectivity index (χ2n) is 3.04. The predicted molar refractivity (Wildman–Crippen MR) is 75.2 cm³/mol. The number of nitrogens with zero attached hydrogens (tertiary/aromatic N) is 2. The highest BCUT2D eigenvalue weighted by Gasteiger charge is 2.14. The Kier molecular flexibility index (Phi) is 4.16. The summed E-state index contributed by atoms with van der Waals surface area (Å²) >= 11 is 27.0. The van der Waals surface area contributed by atoms with Crippen molar-refractivity contribution in [3.63, 3.8) is 0 Å². The molecule has 1 heterocycles. The van der Waals surface area contributed by atoms with Gasteiger partial charge in [-0.25, -0.2) is 9.97 Å². The molecule has 0 spiro atoms. The van der Waals surface area contributed by atoms with Crippen LogP contribution in [0.15, 0.2) is 22.7 Å². The zero-order valence-corrected chi connectivity index (χ0v) is 12.6. The second kappa shape index (κ2) is 5.29. The van der Waals surface area contributed by atoms with Gasteiger partial charge in [0.05, 0.1) is 14.5 Å². The van der Waals surface area contributed by atoms with Gasteiger partial charge in [0, 0.05) is 5.56 Å². The second-order valence-corrected chi connectivity index (χ2v) is 5.34. The van der Waals surface area contributed by atoms with Crippen LogP contribution in [0, 0.1) is 0 Å². The number of benzene rings is 1. The standard InChI is InChI=1S/C10H3BrCl4N2/c11-6-8(14)16-10(17-9(6)15)4-2-1-3-5(12)7(4)13/h1-3H. The van der Waals surface area contributed by atoms with E-state index in [9.17, 15) is 0 Å². The maximum atomic E-state index is 6.06. The van der Waals surface area contributed by atoms with E-state index in [-0.39, 0.29) is 10.3 Å². The summed E-state index contributed by atoms with van der Waals surface area (Å²) in [5.74, 6) is 0.329. The van der Waals surface area contributed by atoms with E-state index in [4.69, 9.17) is 46.4 Å². The molecule has 0 radical (unpaired) electrons. The van der Waals surface area contributed by atoms with Crippen molar-refractivity contribution in [1.29, 1.82) is 0 Å². The SMILES string of the molecule is Clc1cccc(-c2nc(Cl)c(Br)c(Cl)n2)c1Cl. The fourth-order valence-electron chi connectivity index (χ4n) is 1.19. The van der Waals surface area contributed by atoms with Gasteiger partial charge in [-0.15, -0.1) is 0 Å². The molecule has 1 aromatic heterocycles. The van der Waals surface area contributed by atoms with Gasteiger partial charge in [-0.05, 0) is 28.1 Å². The Morgan fingerprint density at radius 2 is 1.53 bits per heavy atom. The van der Waals surface area contributed by atoms with Crippen LogP contribution >= 0.6 is 62.3 Å². The number of rotatable bonds is 1. The molecule has 2 nitrogen and oxygen atoms in total. The molecule has 0 saturated carbocycles. The van der Waals surface area contributed by atoms with Crippen molar-refractivity contribution in [2.45, 2.75) is 0 Å². The highest BCUT2D eigenvalue weighted by Crippen LogP contribution is 2.35. The zero-order valence-electron chi connectivity index (χ0n) is 8.02. The normalized spacial score (nSPS) is 10.6. The van der Waals surface area contributed by atoms with Gasteiger partial charge in [-0.2, -0.15) is 0 Å². The maximum Gasteiger partial charge on any atom is 0.164 e. The van der Waals surface area contributed by atoms with Crippen LogP contribution in [0.5, 0.6) is 0 Å². The molecule has 0 aliphatic rings. The Morgan fingerprint density at radius 1 is 0.941 bits per heavy atom. The van der Waals surface area contributed by atoms with Crippen molar-refractivity contribution in [2.24, 2.45) is 0 Å². The van der Waals surface area contributed by atoms with Gasteiger partial charge in [0.25, 0.3) is 0 Å². The minimum Gasteiger partial charge on any atom is -0.215 e. The smallest absolute Gasteiger partial charge is 0.164 e. The lowest BCUT2D eigenvalue weighted by Gasteiger charge is -2.06. The minimum atomic E-state index is 0.219. The summed E-state index contributed by atoms with van der Waals surface area (Å²) in [6.07, 6.45) is 0. The molecule has 0 saturated heterocycles. The summed E-state index contributed by atoms with van der Waals surface area (Å²) in [6, 6.07) is 5.16. The van der Waals surface area contributed by atoms with Crippen molar-refractivity contribution < 1.29 is 0 Å². The third kappa shape index (κ3) is 2.69. The summed E-state index contributed by atoms with van der Waals surface area (Å²) in [4.78, 5) is 8.17. The van der Waals surface area contributed by atoms with Gasteiger partial charge >= 0.3 is 0 Å². The van der Waals surface area contributed by atoms with Crippen molar-refractivity contribution in [1.82, 2.24) is 9.97 Å². The summed E-state index contributed by atoms with van der Waals surface area (Å²) in [6.45, 7) is 0. The van der Waals surface area contributed by atoms with Gasteiger partial charge in [-0.3, -0.25) is 0 Å². The summed E-state index contributed by atoms with van der Waals surface area (Å²) in [5, 5.41) is 1.22. The zero-order chi connectivity index (χ0) is 12.6. The average molecular weight is 373 g/mol. The minimum absolute atomic E-state index is 0.219. The van der Waals surface area contributed by atoms with Gasteiger partial charge in [-0.1, -0.05) is 52.5 Å². The summed E-state index contributed by atoms with van der Waals surface area (Å²) in [5.41, 5.74) is 0.579. The van der Waals surface area contributed by atoms with Crippen LogP contribution < -0.4 is 0 Å². The quantitative estimate of drug-likeness (QED) is 0.616. The van der Waals surface area contributed by atoms with Crippen LogP contribution in [-0.2, 0) is 0 Å². The van der Waals surface area contributed by atoms with Gasteiger partial charge < -0.3 is 0 Å². The maximum absolute atomic E-state index is 6.06. The molecule has 2 aromatic rings. The van der Waals surface area contributed by atoms with Crippen molar-refractivity contribution in [3.8, 4) is 11.4 Å². The molecule has 0 bridgehead atoms. The molecule has 1 aromatic carbocycles. The highest BCUT2D eigenvalue weighted by atomic mass is 79.9. The van der Waals surface area contributed by atoms with Crippen LogP contribution in [0.1, 0.15) is 0 Å². The molecule has 0 amide bonds. The Hall–Kier alpha value is -0.0600. The lowest BCUT2D eigenvalue weighted by molar-refractivity contribution is 1.16. The van der Waals surface area contributed by atoms with E-state index < -0.39 is 0 Å². The van der Waals surface area contributed by atoms with Crippen molar-refractivity contribution in [3.05, 3.63) is 43.0 Å². The van der Waals surface area contributed by atoms with Crippen molar-refractivity contribution >= 4 is 62.3 Å². The van der Waals surface area contributed by atoms with E-state index in [0.717, 1.165) is 0 Å². The first-order valence-electron chi connectivity index (χ1n) is 4.33. The fraction of sp³-hybridized carbons (Fsp3) is 0. The number of hydrogen-bond acceptors (Lipinski definition) is 2. The number of aromatic nitrogens is 2.